The van der Waals surface area contributed by atoms with Gasteiger partial charge in [-0.25, -0.2) is 15.0 Å². The molecule has 0 radical (unpaired) electrons. The Bertz CT molecular complexity index is 925. The van der Waals surface area contributed by atoms with E-state index in [9.17, 15) is 0 Å². The number of para-hydroxylation sites is 1. The molecule has 3 aromatic rings. The number of benzene rings is 1. The fraction of sp³-hybridized carbons (Fsp3) is 0.250. The molecule has 0 spiro atoms. The van der Waals surface area contributed by atoms with E-state index in [1.165, 1.54) is 0 Å². The van der Waals surface area contributed by atoms with Gasteiger partial charge in [0.15, 0.2) is 11.6 Å². The summed E-state index contributed by atoms with van der Waals surface area (Å²) in [7, 11) is 1.66. The summed E-state index contributed by atoms with van der Waals surface area (Å²) in [5, 5.41) is 0. The second-order valence-electron chi connectivity index (χ2n) is 5.99. The maximum atomic E-state index is 5.92. The minimum absolute atomic E-state index is 0.619. The van der Waals surface area contributed by atoms with E-state index in [4.69, 9.17) is 19.4 Å². The smallest absolute Gasteiger partial charge is 0.179 e. The van der Waals surface area contributed by atoms with E-state index in [0.717, 1.165) is 52.7 Å². The second kappa shape index (κ2) is 6.51. The van der Waals surface area contributed by atoms with Crippen molar-refractivity contribution >= 4 is 0 Å². The Hall–Kier alpha value is -2.95. The largest absolute Gasteiger partial charge is 0.496 e. The van der Waals surface area contributed by atoms with E-state index >= 15 is 0 Å². The molecule has 1 aliphatic rings. The summed E-state index contributed by atoms with van der Waals surface area (Å²) in [6.07, 6.45) is 1.83. The number of fused-ring (bicyclic) bond motifs is 1. The molecule has 0 unspecified atom stereocenters. The molecule has 0 amide bonds. The van der Waals surface area contributed by atoms with Crippen LogP contribution < -0.4 is 9.47 Å². The highest BCUT2D eigenvalue weighted by Gasteiger charge is 2.23. The van der Waals surface area contributed by atoms with Crippen molar-refractivity contribution in [3.63, 3.8) is 0 Å². The zero-order valence-corrected chi connectivity index (χ0v) is 14.3. The first kappa shape index (κ1) is 15.6. The SMILES string of the molecule is COc1ccccc1-c1nc(-c2cccc(C)n2)nc2c1OCCC2. The molecular weight excluding hydrogens is 314 g/mol. The summed E-state index contributed by atoms with van der Waals surface area (Å²) in [5.41, 5.74) is 4.30. The van der Waals surface area contributed by atoms with Gasteiger partial charge in [0, 0.05) is 11.3 Å². The van der Waals surface area contributed by atoms with Gasteiger partial charge in [-0.3, -0.25) is 0 Å². The third-order valence-electron chi connectivity index (χ3n) is 4.22. The lowest BCUT2D eigenvalue weighted by atomic mass is 10.0. The lowest BCUT2D eigenvalue weighted by molar-refractivity contribution is 0.285. The van der Waals surface area contributed by atoms with Gasteiger partial charge in [0.05, 0.1) is 19.4 Å². The van der Waals surface area contributed by atoms with Crippen molar-refractivity contribution in [3.05, 3.63) is 53.9 Å². The summed E-state index contributed by atoms with van der Waals surface area (Å²) < 4.78 is 11.4. The highest BCUT2D eigenvalue weighted by atomic mass is 16.5. The van der Waals surface area contributed by atoms with Gasteiger partial charge in [-0.1, -0.05) is 18.2 Å². The van der Waals surface area contributed by atoms with E-state index < -0.39 is 0 Å². The molecule has 5 heteroatoms. The van der Waals surface area contributed by atoms with Crippen molar-refractivity contribution in [1.82, 2.24) is 15.0 Å². The number of ether oxygens (including phenoxy) is 2. The number of hydrogen-bond donors (Lipinski definition) is 0. The van der Waals surface area contributed by atoms with E-state index in [1.807, 2.05) is 49.4 Å². The number of methoxy groups -OCH3 is 1. The van der Waals surface area contributed by atoms with E-state index in [2.05, 4.69) is 4.98 Å². The Morgan fingerprint density at radius 3 is 2.72 bits per heavy atom. The quantitative estimate of drug-likeness (QED) is 0.729. The average Bonchev–Trinajstić information content (AvgIpc) is 2.67. The number of aryl methyl sites for hydroxylation is 2. The summed E-state index contributed by atoms with van der Waals surface area (Å²) in [4.78, 5) is 14.1. The Kier molecular flexibility index (Phi) is 4.06. The van der Waals surface area contributed by atoms with Crippen LogP contribution in [0.25, 0.3) is 22.8 Å². The van der Waals surface area contributed by atoms with Gasteiger partial charge in [-0.15, -0.1) is 0 Å². The number of rotatable bonds is 3. The Balaban J connectivity index is 1.95. The van der Waals surface area contributed by atoms with Crippen LogP contribution in [0.1, 0.15) is 17.8 Å². The molecular formula is C20H19N3O2. The maximum absolute atomic E-state index is 5.92. The standard InChI is InChI=1S/C20H19N3O2/c1-13-7-5-9-16(21-13)20-22-15-10-6-12-25-19(15)18(23-20)14-8-3-4-11-17(14)24-2/h3-5,7-9,11H,6,10,12H2,1-2H3. The van der Waals surface area contributed by atoms with Gasteiger partial charge in [0.2, 0.25) is 0 Å². The van der Waals surface area contributed by atoms with Crippen LogP contribution >= 0.6 is 0 Å². The normalized spacial score (nSPS) is 13.0. The van der Waals surface area contributed by atoms with Crippen LogP contribution in [0.3, 0.4) is 0 Å². The fourth-order valence-electron chi connectivity index (χ4n) is 3.04. The average molecular weight is 333 g/mol. The molecule has 126 valence electrons. The number of nitrogens with zero attached hydrogens (tertiary/aromatic N) is 3. The van der Waals surface area contributed by atoms with Crippen LogP contribution in [0.15, 0.2) is 42.5 Å². The zero-order valence-electron chi connectivity index (χ0n) is 14.3. The van der Waals surface area contributed by atoms with E-state index in [0.29, 0.717) is 12.4 Å². The Morgan fingerprint density at radius 2 is 1.88 bits per heavy atom. The van der Waals surface area contributed by atoms with E-state index in [1.54, 1.807) is 7.11 Å². The van der Waals surface area contributed by atoms with Crippen LogP contribution in [0.4, 0.5) is 0 Å². The fourth-order valence-corrected chi connectivity index (χ4v) is 3.04. The van der Waals surface area contributed by atoms with Crippen LogP contribution in [-0.2, 0) is 6.42 Å². The molecule has 0 N–H and O–H groups in total. The van der Waals surface area contributed by atoms with Crippen LogP contribution in [-0.4, -0.2) is 28.7 Å². The predicted octanol–water partition coefficient (Wildman–Crippen LogP) is 3.85. The molecule has 2 aromatic heterocycles. The monoisotopic (exact) mass is 333 g/mol. The van der Waals surface area contributed by atoms with Crippen LogP contribution in [0.5, 0.6) is 11.5 Å². The third kappa shape index (κ3) is 2.93. The highest BCUT2D eigenvalue weighted by Crippen LogP contribution is 2.39. The number of pyridine rings is 1. The molecule has 0 saturated heterocycles. The maximum Gasteiger partial charge on any atom is 0.179 e. The first-order chi connectivity index (χ1) is 12.3. The van der Waals surface area contributed by atoms with Crippen molar-refractivity contribution in [2.24, 2.45) is 0 Å². The molecule has 1 aromatic carbocycles. The summed E-state index contributed by atoms with van der Waals surface area (Å²) >= 11 is 0. The first-order valence-corrected chi connectivity index (χ1v) is 8.37. The predicted molar refractivity (Wildman–Crippen MR) is 95.8 cm³/mol. The molecule has 25 heavy (non-hydrogen) atoms. The van der Waals surface area contributed by atoms with Gasteiger partial charge in [0.25, 0.3) is 0 Å². The summed E-state index contributed by atoms with van der Waals surface area (Å²) in [6.45, 7) is 2.65. The second-order valence-corrected chi connectivity index (χ2v) is 5.99. The molecule has 4 rings (SSSR count). The zero-order chi connectivity index (χ0) is 17.2. The lowest BCUT2D eigenvalue weighted by Crippen LogP contribution is -2.13. The van der Waals surface area contributed by atoms with E-state index in [-0.39, 0.29) is 0 Å². The van der Waals surface area contributed by atoms with Gasteiger partial charge in [-0.2, -0.15) is 0 Å². The van der Waals surface area contributed by atoms with Crippen molar-refractivity contribution in [1.29, 1.82) is 0 Å². The lowest BCUT2D eigenvalue weighted by Gasteiger charge is -2.21. The topological polar surface area (TPSA) is 57.1 Å². The van der Waals surface area contributed by atoms with Crippen LogP contribution in [0, 0.1) is 6.92 Å². The highest BCUT2D eigenvalue weighted by molar-refractivity contribution is 5.75. The number of hydrogen-bond acceptors (Lipinski definition) is 5. The molecule has 3 heterocycles. The van der Waals surface area contributed by atoms with Crippen LogP contribution in [0.2, 0.25) is 0 Å². The van der Waals surface area contributed by atoms with Crippen molar-refractivity contribution in [2.45, 2.75) is 19.8 Å². The molecule has 1 aliphatic heterocycles. The van der Waals surface area contributed by atoms with Crippen molar-refractivity contribution in [2.75, 3.05) is 13.7 Å². The molecule has 0 atom stereocenters. The van der Waals surface area contributed by atoms with Gasteiger partial charge >= 0.3 is 0 Å². The third-order valence-corrected chi connectivity index (χ3v) is 4.22. The van der Waals surface area contributed by atoms with Gasteiger partial charge < -0.3 is 9.47 Å². The van der Waals surface area contributed by atoms with Gasteiger partial charge in [0.1, 0.15) is 17.1 Å². The van der Waals surface area contributed by atoms with Crippen molar-refractivity contribution in [3.8, 4) is 34.3 Å². The molecule has 0 bridgehead atoms. The van der Waals surface area contributed by atoms with Gasteiger partial charge in [-0.05, 0) is 44.0 Å². The molecule has 0 saturated carbocycles. The summed E-state index contributed by atoms with van der Waals surface area (Å²) in [5.74, 6) is 2.14. The molecule has 0 aliphatic carbocycles. The Labute approximate surface area is 146 Å². The van der Waals surface area contributed by atoms with Crippen molar-refractivity contribution < 1.29 is 9.47 Å². The minimum Gasteiger partial charge on any atom is -0.496 e. The number of aromatic nitrogens is 3. The minimum atomic E-state index is 0.619. The first-order valence-electron chi connectivity index (χ1n) is 8.37. The Morgan fingerprint density at radius 1 is 1.00 bits per heavy atom. The molecule has 0 fully saturated rings. The summed E-state index contributed by atoms with van der Waals surface area (Å²) in [6, 6.07) is 13.7. The molecule has 5 nitrogen and oxygen atoms in total.